The summed E-state index contributed by atoms with van der Waals surface area (Å²) in [4.78, 5) is 2.67. The van der Waals surface area contributed by atoms with Crippen LogP contribution in [-0.4, -0.2) is 49.1 Å². The summed E-state index contributed by atoms with van der Waals surface area (Å²) in [5.74, 6) is 0.921. The van der Waals surface area contributed by atoms with Gasteiger partial charge in [0, 0.05) is 18.3 Å². The molecule has 2 fully saturated rings. The first-order valence-corrected chi connectivity index (χ1v) is 7.13. The van der Waals surface area contributed by atoms with Crippen LogP contribution in [0.25, 0.3) is 0 Å². The van der Waals surface area contributed by atoms with E-state index in [9.17, 15) is 0 Å². The quantitative estimate of drug-likeness (QED) is 0.765. The normalized spacial score (nSPS) is 34.9. The molecule has 2 heterocycles. The number of thioether (sulfide) groups is 1. The Hall–Kier alpha value is 0.270. The van der Waals surface area contributed by atoms with E-state index in [0.717, 1.165) is 11.2 Å². The fraction of sp³-hybridized carbons (Fsp3) is 1.00. The van der Waals surface area contributed by atoms with E-state index >= 15 is 0 Å². The van der Waals surface area contributed by atoms with Gasteiger partial charge in [0.15, 0.2) is 0 Å². The van der Waals surface area contributed by atoms with Crippen LogP contribution in [0.15, 0.2) is 0 Å². The van der Waals surface area contributed by atoms with Crippen molar-refractivity contribution in [2.75, 3.05) is 39.0 Å². The van der Waals surface area contributed by atoms with Crippen molar-refractivity contribution in [3.8, 4) is 0 Å². The number of hydrogen-bond acceptors (Lipinski definition) is 3. The molecule has 2 atom stereocenters. The highest BCUT2D eigenvalue weighted by atomic mass is 32.2. The zero-order valence-corrected chi connectivity index (χ0v) is 9.98. The van der Waals surface area contributed by atoms with E-state index in [1.807, 2.05) is 11.8 Å². The summed E-state index contributed by atoms with van der Waals surface area (Å²) in [5.41, 5.74) is 0. The molecule has 1 unspecified atom stereocenters. The lowest BCUT2D eigenvalue weighted by Crippen LogP contribution is -2.37. The Balaban J connectivity index is 1.69. The molecule has 2 nitrogen and oxygen atoms in total. The molecule has 0 aliphatic carbocycles. The molecule has 0 aromatic rings. The molecule has 14 heavy (non-hydrogen) atoms. The largest absolute Gasteiger partial charge is 0.316 e. The first kappa shape index (κ1) is 10.8. The van der Waals surface area contributed by atoms with Gasteiger partial charge in [-0.2, -0.15) is 11.8 Å². The Morgan fingerprint density at radius 1 is 1.43 bits per heavy atom. The second-order valence-electron chi connectivity index (χ2n) is 4.62. The highest BCUT2D eigenvalue weighted by molar-refractivity contribution is 7.99. The van der Waals surface area contributed by atoms with Crippen LogP contribution in [-0.2, 0) is 0 Å². The second-order valence-corrected chi connectivity index (χ2v) is 5.76. The van der Waals surface area contributed by atoms with E-state index in [4.69, 9.17) is 0 Å². The molecular formula is C11H22N2S. The summed E-state index contributed by atoms with van der Waals surface area (Å²) in [6.45, 7) is 6.49. The lowest BCUT2D eigenvalue weighted by atomic mass is 9.99. The first-order valence-electron chi connectivity index (χ1n) is 5.84. The molecule has 1 N–H and O–H groups in total. The van der Waals surface area contributed by atoms with Crippen molar-refractivity contribution in [2.45, 2.75) is 24.5 Å². The first-order chi connectivity index (χ1) is 6.88. The van der Waals surface area contributed by atoms with Crippen molar-refractivity contribution in [1.82, 2.24) is 10.2 Å². The zero-order chi connectivity index (χ0) is 9.80. The van der Waals surface area contributed by atoms with Crippen LogP contribution < -0.4 is 5.32 Å². The Morgan fingerprint density at radius 2 is 2.36 bits per heavy atom. The number of rotatable bonds is 3. The van der Waals surface area contributed by atoms with Crippen LogP contribution in [0.4, 0.5) is 0 Å². The number of piperidine rings is 1. The molecule has 2 aliphatic heterocycles. The Labute approximate surface area is 91.8 Å². The highest BCUT2D eigenvalue weighted by Crippen LogP contribution is 2.22. The van der Waals surface area contributed by atoms with E-state index in [2.05, 4.69) is 16.5 Å². The van der Waals surface area contributed by atoms with Gasteiger partial charge in [0.05, 0.1) is 0 Å². The Kier molecular flexibility index (Phi) is 4.14. The van der Waals surface area contributed by atoms with Gasteiger partial charge in [0.25, 0.3) is 0 Å². The zero-order valence-electron chi connectivity index (χ0n) is 9.17. The molecule has 0 aromatic carbocycles. The number of nitrogens with one attached hydrogen (secondary N) is 1. The lowest BCUT2D eigenvalue weighted by molar-refractivity contribution is 0.244. The van der Waals surface area contributed by atoms with E-state index in [-0.39, 0.29) is 0 Å². The van der Waals surface area contributed by atoms with Gasteiger partial charge in [-0.1, -0.05) is 0 Å². The second kappa shape index (κ2) is 5.38. The van der Waals surface area contributed by atoms with Gasteiger partial charge in [0.2, 0.25) is 0 Å². The maximum absolute atomic E-state index is 3.50. The van der Waals surface area contributed by atoms with Crippen molar-refractivity contribution in [2.24, 2.45) is 5.92 Å². The van der Waals surface area contributed by atoms with Crippen LogP contribution in [0, 0.1) is 5.92 Å². The van der Waals surface area contributed by atoms with E-state index < -0.39 is 0 Å². The number of nitrogens with zero attached hydrogens (tertiary/aromatic N) is 1. The molecule has 0 spiro atoms. The standard InChI is InChI=1S/C11H22N2S/c1-14-11-4-6-13(9-11)8-10-3-2-5-12-7-10/h10-12H,2-9H2,1H3/t10-,11?/m1/s1. The molecule has 3 heteroatoms. The predicted octanol–water partition coefficient (Wildman–Crippen LogP) is 1.42. The van der Waals surface area contributed by atoms with Gasteiger partial charge < -0.3 is 10.2 Å². The lowest BCUT2D eigenvalue weighted by Gasteiger charge is -2.27. The molecule has 0 saturated carbocycles. The van der Waals surface area contributed by atoms with E-state index in [1.54, 1.807) is 0 Å². The van der Waals surface area contributed by atoms with Crippen molar-refractivity contribution in [1.29, 1.82) is 0 Å². The topological polar surface area (TPSA) is 15.3 Å². The van der Waals surface area contributed by atoms with Crippen molar-refractivity contribution >= 4 is 11.8 Å². The van der Waals surface area contributed by atoms with E-state index in [1.165, 1.54) is 52.0 Å². The van der Waals surface area contributed by atoms with Crippen molar-refractivity contribution < 1.29 is 0 Å². The Morgan fingerprint density at radius 3 is 3.00 bits per heavy atom. The summed E-state index contributed by atoms with van der Waals surface area (Å²) < 4.78 is 0. The van der Waals surface area contributed by atoms with Gasteiger partial charge in [-0.25, -0.2) is 0 Å². The molecule has 2 aliphatic rings. The highest BCUT2D eigenvalue weighted by Gasteiger charge is 2.24. The summed E-state index contributed by atoms with van der Waals surface area (Å²) in [6.07, 6.45) is 6.47. The van der Waals surface area contributed by atoms with Gasteiger partial charge in [-0.05, 0) is 51.1 Å². The number of hydrogen-bond donors (Lipinski definition) is 1. The van der Waals surface area contributed by atoms with Gasteiger partial charge in [0.1, 0.15) is 0 Å². The summed E-state index contributed by atoms with van der Waals surface area (Å²) >= 11 is 2.04. The molecular weight excluding hydrogens is 192 g/mol. The molecule has 2 rings (SSSR count). The van der Waals surface area contributed by atoms with Crippen LogP contribution >= 0.6 is 11.8 Å². The van der Waals surface area contributed by atoms with Crippen LogP contribution in [0.3, 0.4) is 0 Å². The molecule has 0 amide bonds. The minimum absolute atomic E-state index is 0.909. The van der Waals surface area contributed by atoms with Crippen molar-refractivity contribution in [3.63, 3.8) is 0 Å². The maximum atomic E-state index is 3.50. The third kappa shape index (κ3) is 2.88. The molecule has 0 radical (unpaired) electrons. The minimum atomic E-state index is 0.909. The van der Waals surface area contributed by atoms with Gasteiger partial charge in [-0.15, -0.1) is 0 Å². The van der Waals surface area contributed by atoms with Crippen LogP contribution in [0.2, 0.25) is 0 Å². The van der Waals surface area contributed by atoms with E-state index in [0.29, 0.717) is 0 Å². The van der Waals surface area contributed by atoms with Gasteiger partial charge >= 0.3 is 0 Å². The molecule has 82 valence electrons. The fourth-order valence-corrected chi connectivity index (χ4v) is 3.30. The van der Waals surface area contributed by atoms with Crippen LogP contribution in [0.5, 0.6) is 0 Å². The number of likely N-dealkylation sites (tertiary alicyclic amines) is 1. The molecule has 0 bridgehead atoms. The average Bonchev–Trinajstić information content (AvgIpc) is 2.67. The summed E-state index contributed by atoms with van der Waals surface area (Å²) in [7, 11) is 0. The smallest absolute Gasteiger partial charge is 0.0184 e. The third-order valence-electron chi connectivity index (χ3n) is 3.48. The van der Waals surface area contributed by atoms with Crippen LogP contribution in [0.1, 0.15) is 19.3 Å². The maximum Gasteiger partial charge on any atom is 0.0184 e. The molecule has 0 aromatic heterocycles. The van der Waals surface area contributed by atoms with Crippen molar-refractivity contribution in [3.05, 3.63) is 0 Å². The SMILES string of the molecule is CSC1CCN(C[C@@H]2CCCNC2)C1. The summed E-state index contributed by atoms with van der Waals surface area (Å²) in [5, 5.41) is 4.41. The molecule has 2 saturated heterocycles. The third-order valence-corrected chi connectivity index (χ3v) is 4.53. The van der Waals surface area contributed by atoms with Gasteiger partial charge in [-0.3, -0.25) is 0 Å². The summed E-state index contributed by atoms with van der Waals surface area (Å²) in [6, 6.07) is 0. The predicted molar refractivity (Wildman–Crippen MR) is 64.0 cm³/mol. The average molecular weight is 214 g/mol. The fourth-order valence-electron chi connectivity index (χ4n) is 2.60. The monoisotopic (exact) mass is 214 g/mol. The minimum Gasteiger partial charge on any atom is -0.316 e. The Bertz CT molecular complexity index is 169.